The number of carbonyl (C=O) groups excluding carboxylic acids is 4. The van der Waals surface area contributed by atoms with Crippen molar-refractivity contribution in [3.8, 4) is 0 Å². The number of thioether (sulfide) groups is 1. The van der Waals surface area contributed by atoms with Crippen molar-refractivity contribution in [2.75, 3.05) is 51.6 Å². The number of nitrogens with zero attached hydrogens (tertiary/aromatic N) is 6. The molecule has 262 valence electrons. The third-order valence-electron chi connectivity index (χ3n) is 9.03. The second kappa shape index (κ2) is 17.7. The predicted octanol–water partition coefficient (Wildman–Crippen LogP) is 4.25. The summed E-state index contributed by atoms with van der Waals surface area (Å²) in [5.41, 5.74) is 14.4. The molecular weight excluding hydrogens is 645 g/mol. The average Bonchev–Trinajstić information content (AvgIpc) is 3.09. The zero-order chi connectivity index (χ0) is 34.6. The fourth-order valence-corrected chi connectivity index (χ4v) is 7.18. The van der Waals surface area contributed by atoms with E-state index in [0.717, 1.165) is 54.7 Å². The predicted molar refractivity (Wildman–Crippen MR) is 188 cm³/mol. The highest BCUT2D eigenvalue weighted by molar-refractivity contribution is 7.99. The van der Waals surface area contributed by atoms with Crippen LogP contribution in [-0.4, -0.2) is 106 Å². The summed E-state index contributed by atoms with van der Waals surface area (Å²) in [6, 6.07) is 11.0. The molecule has 0 bridgehead atoms. The van der Waals surface area contributed by atoms with E-state index in [4.69, 9.17) is 16.2 Å². The number of rotatable bonds is 7. The minimum absolute atomic E-state index is 0.0324. The summed E-state index contributed by atoms with van der Waals surface area (Å²) >= 11 is 1.60. The first-order valence-electron chi connectivity index (χ1n) is 17.0. The maximum atomic E-state index is 13.7. The van der Waals surface area contributed by atoms with Gasteiger partial charge in [-0.1, -0.05) is 31.4 Å². The Kier molecular flexibility index (Phi) is 12.9. The van der Waals surface area contributed by atoms with Crippen LogP contribution in [0.25, 0.3) is 0 Å². The van der Waals surface area contributed by atoms with Gasteiger partial charge in [-0.15, -0.1) is 11.8 Å². The van der Waals surface area contributed by atoms with Gasteiger partial charge in [0.05, 0.1) is 18.7 Å². The Bertz CT molecular complexity index is 1510. The van der Waals surface area contributed by atoms with Crippen LogP contribution in [0.5, 0.6) is 0 Å². The van der Waals surface area contributed by atoms with Crippen LogP contribution < -0.4 is 11.5 Å². The van der Waals surface area contributed by atoms with Crippen LogP contribution in [0.15, 0.2) is 69.9 Å². The summed E-state index contributed by atoms with van der Waals surface area (Å²) < 4.78 is 5.36. The number of aliphatic imine (C=N–C) groups is 1. The van der Waals surface area contributed by atoms with Gasteiger partial charge in [-0.05, 0) is 61.1 Å². The Morgan fingerprint density at radius 1 is 0.755 bits per heavy atom. The van der Waals surface area contributed by atoms with E-state index in [1.165, 1.54) is 21.8 Å². The quantitative estimate of drug-likeness (QED) is 0.187. The number of amides is 4. The lowest BCUT2D eigenvalue weighted by Gasteiger charge is -2.39. The zero-order valence-corrected chi connectivity index (χ0v) is 28.7. The third-order valence-corrected chi connectivity index (χ3v) is 10.0. The van der Waals surface area contributed by atoms with Crippen LogP contribution in [0.1, 0.15) is 56.9 Å². The number of aromatic nitrogens is 1. The van der Waals surface area contributed by atoms with E-state index in [2.05, 4.69) is 9.98 Å². The minimum atomic E-state index is -0.719. The van der Waals surface area contributed by atoms with Crippen LogP contribution in [0.4, 0.5) is 15.3 Å². The monoisotopic (exact) mass is 690 g/mol. The first-order valence-corrected chi connectivity index (χ1v) is 18.0. The zero-order valence-electron chi connectivity index (χ0n) is 27.9. The maximum Gasteiger partial charge on any atom is 0.419 e. The first kappa shape index (κ1) is 35.7. The number of hydrogen-bond donors (Lipinski definition) is 2. The van der Waals surface area contributed by atoms with E-state index in [-0.39, 0.29) is 37.3 Å². The molecule has 3 heterocycles. The molecule has 4 amide bonds. The van der Waals surface area contributed by atoms with Crippen LogP contribution >= 0.6 is 11.8 Å². The Labute approximate surface area is 291 Å². The van der Waals surface area contributed by atoms with Gasteiger partial charge in [0.25, 0.3) is 0 Å². The summed E-state index contributed by atoms with van der Waals surface area (Å²) in [6.45, 7) is 2.12. The van der Waals surface area contributed by atoms with E-state index in [1.807, 2.05) is 29.2 Å². The number of allylic oxidation sites excluding steroid dienone is 1. The number of carbonyl (C=O) groups is 4. The summed E-state index contributed by atoms with van der Waals surface area (Å²) in [5, 5.41) is 0. The molecule has 0 atom stereocenters. The number of guanidine groups is 1. The van der Waals surface area contributed by atoms with Crippen molar-refractivity contribution in [1.82, 2.24) is 24.6 Å². The molecule has 2 aromatic rings. The molecule has 0 spiro atoms. The number of benzene rings is 1. The Balaban J connectivity index is 1.15. The van der Waals surface area contributed by atoms with Gasteiger partial charge in [0, 0.05) is 74.4 Å². The van der Waals surface area contributed by atoms with Crippen molar-refractivity contribution in [3.63, 3.8) is 0 Å². The van der Waals surface area contributed by atoms with Crippen LogP contribution in [0.3, 0.4) is 0 Å². The maximum absolute atomic E-state index is 13.7. The second-order valence-electron chi connectivity index (χ2n) is 12.4. The van der Waals surface area contributed by atoms with Gasteiger partial charge in [0.15, 0.2) is 5.96 Å². The fraction of sp³-hybridized carbons (Fsp3) is 0.486. The largest absolute Gasteiger partial charge is 0.419 e. The SMILES string of the molecule is NC(N)=Nc1ccc(CC(=O)N2CCN(C(=O)OC(=O)N3CCN(C(=O)CCSc4ccncc4)CC3)CC2=C2CCCCCCC2)cc1. The molecule has 2 aliphatic heterocycles. The smallest absolute Gasteiger partial charge is 0.370 e. The van der Waals surface area contributed by atoms with E-state index in [0.29, 0.717) is 50.6 Å². The number of pyridine rings is 1. The topological polar surface area (TPSA) is 168 Å². The molecule has 2 saturated heterocycles. The van der Waals surface area contributed by atoms with Crippen molar-refractivity contribution < 1.29 is 23.9 Å². The number of ether oxygens (including phenoxy) is 1. The Morgan fingerprint density at radius 3 is 2.04 bits per heavy atom. The summed E-state index contributed by atoms with van der Waals surface area (Å²) in [4.78, 5) is 68.4. The average molecular weight is 691 g/mol. The lowest BCUT2D eigenvalue weighted by atomic mass is 9.93. The van der Waals surface area contributed by atoms with Crippen molar-refractivity contribution in [2.24, 2.45) is 16.5 Å². The van der Waals surface area contributed by atoms with Crippen molar-refractivity contribution in [1.29, 1.82) is 0 Å². The standard InChI is InChI=1S/C35H46N8O5S/c36-33(37)39-28-10-8-26(9-11-28)24-32(45)43-22-21-42(25-30(43)27-6-4-2-1-3-5-7-27)35(47)48-34(46)41-19-17-40(18-20-41)31(44)14-23-49-29-12-15-38-16-13-29/h8-13,15-16H,1-7,14,17-25H2,(H4,36,37,39). The Morgan fingerprint density at radius 2 is 1.37 bits per heavy atom. The normalized spacial score (nSPS) is 17.2. The van der Waals surface area contributed by atoms with Gasteiger partial charge < -0.3 is 35.8 Å². The lowest BCUT2D eigenvalue weighted by Crippen LogP contribution is -2.53. The molecule has 49 heavy (non-hydrogen) atoms. The molecule has 1 aliphatic carbocycles. The number of hydrogen-bond acceptors (Lipinski definition) is 8. The molecule has 1 aromatic carbocycles. The summed E-state index contributed by atoms with van der Waals surface area (Å²) in [6.07, 6.45) is 9.91. The van der Waals surface area contributed by atoms with E-state index >= 15 is 0 Å². The van der Waals surface area contributed by atoms with Gasteiger partial charge in [-0.2, -0.15) is 0 Å². The van der Waals surface area contributed by atoms with Crippen LogP contribution in [-0.2, 0) is 20.7 Å². The van der Waals surface area contributed by atoms with E-state index in [1.54, 1.807) is 41.2 Å². The van der Waals surface area contributed by atoms with Gasteiger partial charge in [0.2, 0.25) is 11.8 Å². The highest BCUT2D eigenvalue weighted by Crippen LogP contribution is 2.29. The van der Waals surface area contributed by atoms with E-state index < -0.39 is 12.2 Å². The Hall–Kier alpha value is -4.59. The van der Waals surface area contributed by atoms with Gasteiger partial charge in [-0.25, -0.2) is 14.6 Å². The minimum Gasteiger partial charge on any atom is -0.370 e. The molecule has 14 heteroatoms. The van der Waals surface area contributed by atoms with Crippen molar-refractivity contribution >= 4 is 47.4 Å². The van der Waals surface area contributed by atoms with Crippen molar-refractivity contribution in [2.45, 2.75) is 62.7 Å². The molecule has 13 nitrogen and oxygen atoms in total. The van der Waals surface area contributed by atoms with Crippen LogP contribution in [0, 0.1) is 0 Å². The number of piperazine rings is 2. The molecule has 0 unspecified atom stereocenters. The van der Waals surface area contributed by atoms with Crippen molar-refractivity contribution in [3.05, 3.63) is 65.6 Å². The lowest BCUT2D eigenvalue weighted by molar-refractivity contribution is -0.132. The molecule has 3 aliphatic rings. The van der Waals surface area contributed by atoms with Gasteiger partial charge in [0.1, 0.15) is 0 Å². The van der Waals surface area contributed by atoms with E-state index in [9.17, 15) is 19.2 Å². The third kappa shape index (κ3) is 10.4. The summed E-state index contributed by atoms with van der Waals surface area (Å²) in [7, 11) is 0. The van der Waals surface area contributed by atoms with Gasteiger partial charge in [-0.3, -0.25) is 14.6 Å². The molecule has 5 rings (SSSR count). The first-order chi connectivity index (χ1) is 23.8. The molecule has 1 saturated carbocycles. The van der Waals surface area contributed by atoms with Crippen LogP contribution in [0.2, 0.25) is 0 Å². The highest BCUT2D eigenvalue weighted by atomic mass is 32.2. The molecular formula is C35H46N8O5S. The van der Waals surface area contributed by atoms with Gasteiger partial charge >= 0.3 is 12.2 Å². The molecule has 0 radical (unpaired) electrons. The molecule has 3 fully saturated rings. The molecule has 1 aromatic heterocycles. The number of nitrogens with two attached hydrogens (primary N) is 2. The summed E-state index contributed by atoms with van der Waals surface area (Å²) in [5.74, 6) is 0.613. The molecule has 4 N–H and O–H groups in total. The fourth-order valence-electron chi connectivity index (χ4n) is 6.35. The highest BCUT2D eigenvalue weighted by Gasteiger charge is 2.33. The second-order valence-corrected chi connectivity index (χ2v) is 13.6.